The zero-order valence-electron chi connectivity index (χ0n) is 20.3. The molecule has 0 saturated heterocycles. The lowest BCUT2D eigenvalue weighted by atomic mass is 10.1. The monoisotopic (exact) mass is 557 g/mol. The van der Waals surface area contributed by atoms with Gasteiger partial charge in [0.15, 0.2) is 11.5 Å². The Labute approximate surface area is 221 Å². The van der Waals surface area contributed by atoms with Gasteiger partial charge in [0.05, 0.1) is 11.9 Å². The molecule has 0 bridgehead atoms. The van der Waals surface area contributed by atoms with Crippen LogP contribution in [0.1, 0.15) is 32.3 Å². The minimum atomic E-state index is -3.63. The third kappa shape index (κ3) is 6.96. The zero-order chi connectivity index (χ0) is 26.5. The molecule has 12 heteroatoms. The van der Waals surface area contributed by atoms with Crippen molar-refractivity contribution in [2.24, 2.45) is 0 Å². The summed E-state index contributed by atoms with van der Waals surface area (Å²) in [5.74, 6) is 0.394. The molecule has 0 radical (unpaired) electrons. The predicted molar refractivity (Wildman–Crippen MR) is 139 cm³/mol. The molecule has 0 saturated carbocycles. The van der Waals surface area contributed by atoms with Gasteiger partial charge in [-0.15, -0.1) is 0 Å². The molecule has 1 heterocycles. The number of hydrogen-bond acceptors (Lipinski definition) is 6. The van der Waals surface area contributed by atoms with Crippen molar-refractivity contribution >= 4 is 50.7 Å². The van der Waals surface area contributed by atoms with Gasteiger partial charge in [0, 0.05) is 42.2 Å². The summed E-state index contributed by atoms with van der Waals surface area (Å²) in [6.45, 7) is 4.10. The lowest BCUT2D eigenvalue weighted by Gasteiger charge is -2.29. The summed E-state index contributed by atoms with van der Waals surface area (Å²) in [5.41, 5.74) is 1.05. The normalized spacial score (nSPS) is 13.2. The molecule has 0 spiro atoms. The number of anilines is 1. The minimum Gasteiger partial charge on any atom is -0.454 e. The van der Waals surface area contributed by atoms with E-state index in [1.807, 2.05) is 0 Å². The molecule has 2 aromatic carbocycles. The zero-order valence-corrected chi connectivity index (χ0v) is 22.6. The van der Waals surface area contributed by atoms with Gasteiger partial charge in [-0.05, 0) is 50.1 Å². The number of sulfonamides is 1. The highest BCUT2D eigenvalue weighted by atomic mass is 35.5. The van der Waals surface area contributed by atoms with Crippen LogP contribution in [-0.2, 0) is 26.2 Å². The van der Waals surface area contributed by atoms with E-state index in [-0.39, 0.29) is 44.5 Å². The highest BCUT2D eigenvalue weighted by Gasteiger charge is 2.27. The highest BCUT2D eigenvalue weighted by molar-refractivity contribution is 7.92. The van der Waals surface area contributed by atoms with E-state index in [1.54, 1.807) is 50.2 Å². The van der Waals surface area contributed by atoms with Crippen LogP contribution >= 0.6 is 23.2 Å². The Bertz CT molecular complexity index is 1220. The van der Waals surface area contributed by atoms with Gasteiger partial charge < -0.3 is 19.7 Å². The van der Waals surface area contributed by atoms with E-state index in [4.69, 9.17) is 32.7 Å². The molecular weight excluding hydrogens is 529 g/mol. The van der Waals surface area contributed by atoms with Gasteiger partial charge in [0.25, 0.3) is 0 Å². The van der Waals surface area contributed by atoms with Gasteiger partial charge in [-0.1, -0.05) is 29.3 Å². The molecule has 1 N–H and O–H groups in total. The van der Waals surface area contributed by atoms with Crippen LogP contribution in [0.4, 0.5) is 5.69 Å². The highest BCUT2D eigenvalue weighted by Crippen LogP contribution is 2.36. The van der Waals surface area contributed by atoms with Crippen molar-refractivity contribution in [1.29, 1.82) is 0 Å². The maximum absolute atomic E-state index is 13.3. The van der Waals surface area contributed by atoms with E-state index in [0.29, 0.717) is 39.3 Å². The molecule has 2 amide bonds. The molecule has 1 aliphatic rings. The fourth-order valence-electron chi connectivity index (χ4n) is 3.78. The Kier molecular flexibility index (Phi) is 9.32. The van der Waals surface area contributed by atoms with Gasteiger partial charge >= 0.3 is 0 Å². The average Bonchev–Trinajstić information content (AvgIpc) is 3.28. The topological polar surface area (TPSA) is 105 Å². The van der Waals surface area contributed by atoms with Crippen LogP contribution in [0.2, 0.25) is 10.0 Å². The number of fused-ring (bicyclic) bond motifs is 1. The lowest BCUT2D eigenvalue weighted by molar-refractivity contribution is -0.140. The Balaban J connectivity index is 1.74. The summed E-state index contributed by atoms with van der Waals surface area (Å²) in [4.78, 5) is 27.2. The average molecular weight is 558 g/mol. The second-order valence-corrected chi connectivity index (χ2v) is 11.1. The van der Waals surface area contributed by atoms with E-state index in [0.717, 1.165) is 6.26 Å². The number of amides is 2. The molecule has 9 nitrogen and oxygen atoms in total. The minimum absolute atomic E-state index is 0.0194. The first kappa shape index (κ1) is 27.9. The summed E-state index contributed by atoms with van der Waals surface area (Å²) in [7, 11) is -3.63. The van der Waals surface area contributed by atoms with Crippen LogP contribution in [0.15, 0.2) is 36.4 Å². The van der Waals surface area contributed by atoms with Crippen molar-refractivity contribution in [3.05, 3.63) is 52.0 Å². The molecule has 0 aromatic heterocycles. The summed E-state index contributed by atoms with van der Waals surface area (Å²) < 4.78 is 36.9. The SMILES string of the molecule is CCNC(=O)[C@H](C)N(Cc1ccc(Cl)cc1Cl)C(=O)CCCN(c1ccc2c(c1)OCO2)S(C)(=O)=O. The van der Waals surface area contributed by atoms with E-state index in [1.165, 1.54) is 9.21 Å². The van der Waals surface area contributed by atoms with E-state index in [9.17, 15) is 18.0 Å². The maximum atomic E-state index is 13.3. The number of ether oxygens (including phenoxy) is 2. The van der Waals surface area contributed by atoms with E-state index >= 15 is 0 Å². The largest absolute Gasteiger partial charge is 0.454 e. The molecule has 0 aliphatic carbocycles. The molecule has 0 unspecified atom stereocenters. The van der Waals surface area contributed by atoms with Gasteiger partial charge in [0.1, 0.15) is 6.04 Å². The van der Waals surface area contributed by atoms with Crippen molar-refractivity contribution < 1.29 is 27.5 Å². The standard InChI is InChI=1S/C24H29Cl2N3O6S/c1-4-27-24(31)16(2)28(14-17-7-8-18(25)12-20(17)26)23(30)6-5-11-29(36(3,32)33)19-9-10-21-22(13-19)35-15-34-21/h7-10,12-13,16H,4-6,11,14-15H2,1-3H3,(H,27,31)/t16-/m0/s1. The van der Waals surface area contributed by atoms with Crippen molar-refractivity contribution in [3.63, 3.8) is 0 Å². The van der Waals surface area contributed by atoms with Gasteiger partial charge in [-0.3, -0.25) is 13.9 Å². The quantitative estimate of drug-likeness (QED) is 0.450. The van der Waals surface area contributed by atoms with Crippen LogP contribution in [0, 0.1) is 0 Å². The van der Waals surface area contributed by atoms with Gasteiger partial charge in [0.2, 0.25) is 28.6 Å². The number of carbonyl (C=O) groups excluding carboxylic acids is 2. The van der Waals surface area contributed by atoms with Crippen LogP contribution < -0.4 is 19.1 Å². The molecule has 1 aliphatic heterocycles. The fourth-order valence-corrected chi connectivity index (χ4v) is 5.21. The van der Waals surface area contributed by atoms with Crippen molar-refractivity contribution in [3.8, 4) is 11.5 Å². The molecule has 0 fully saturated rings. The van der Waals surface area contributed by atoms with Crippen LogP contribution in [-0.4, -0.2) is 57.3 Å². The number of halogens is 2. The Morgan fingerprint density at radius 1 is 1.11 bits per heavy atom. The molecule has 2 aromatic rings. The van der Waals surface area contributed by atoms with Crippen molar-refractivity contribution in [1.82, 2.24) is 10.2 Å². The smallest absolute Gasteiger partial charge is 0.242 e. The number of nitrogens with zero attached hydrogens (tertiary/aromatic N) is 2. The number of benzene rings is 2. The maximum Gasteiger partial charge on any atom is 0.242 e. The lowest BCUT2D eigenvalue weighted by Crippen LogP contribution is -2.47. The summed E-state index contributed by atoms with van der Waals surface area (Å²) in [5, 5.41) is 3.57. The number of hydrogen-bond donors (Lipinski definition) is 1. The number of nitrogens with one attached hydrogen (secondary N) is 1. The first-order valence-electron chi connectivity index (χ1n) is 11.4. The first-order chi connectivity index (χ1) is 17.0. The second-order valence-electron chi connectivity index (χ2n) is 8.30. The van der Waals surface area contributed by atoms with Crippen molar-refractivity contribution in [2.45, 2.75) is 39.3 Å². The molecule has 1 atom stereocenters. The molecule has 36 heavy (non-hydrogen) atoms. The molecular formula is C24H29Cl2N3O6S. The summed E-state index contributed by atoms with van der Waals surface area (Å²) in [6.07, 6.45) is 1.35. The molecule has 3 rings (SSSR count). The van der Waals surface area contributed by atoms with Gasteiger partial charge in [-0.2, -0.15) is 0 Å². The third-order valence-corrected chi connectivity index (χ3v) is 7.45. The first-order valence-corrected chi connectivity index (χ1v) is 14.0. The third-order valence-electron chi connectivity index (χ3n) is 5.67. The fraction of sp³-hybridized carbons (Fsp3) is 0.417. The van der Waals surface area contributed by atoms with Crippen LogP contribution in [0.5, 0.6) is 11.5 Å². The van der Waals surface area contributed by atoms with Crippen LogP contribution in [0.3, 0.4) is 0 Å². The van der Waals surface area contributed by atoms with E-state index < -0.39 is 16.1 Å². The predicted octanol–water partition coefficient (Wildman–Crippen LogP) is 3.82. The van der Waals surface area contributed by atoms with E-state index in [2.05, 4.69) is 5.32 Å². The van der Waals surface area contributed by atoms with Crippen molar-refractivity contribution in [2.75, 3.05) is 30.4 Å². The summed E-state index contributed by atoms with van der Waals surface area (Å²) in [6, 6.07) is 9.06. The summed E-state index contributed by atoms with van der Waals surface area (Å²) >= 11 is 12.3. The number of carbonyl (C=O) groups is 2. The second kappa shape index (κ2) is 12.0. The van der Waals surface area contributed by atoms with Crippen LogP contribution in [0.25, 0.3) is 0 Å². The van der Waals surface area contributed by atoms with Gasteiger partial charge in [-0.25, -0.2) is 8.42 Å². The number of rotatable bonds is 11. The Hall–Kier alpha value is -2.69. The Morgan fingerprint density at radius 2 is 1.83 bits per heavy atom. The number of likely N-dealkylation sites (N-methyl/N-ethyl adjacent to an activating group) is 1. The Morgan fingerprint density at radius 3 is 2.50 bits per heavy atom. The molecule has 196 valence electrons.